The van der Waals surface area contributed by atoms with Crippen molar-refractivity contribution in [1.82, 2.24) is 0 Å². The highest BCUT2D eigenvalue weighted by Gasteiger charge is 2.30. The lowest BCUT2D eigenvalue weighted by molar-refractivity contribution is -0.161. The molecule has 0 spiro atoms. The standard InChI is InChI=1S/C62H120O17P2/c1-6-9-12-15-18-21-22-23-24-27-33-38-43-48-62(67)79-58(52-73-60(65)46-41-36-32-28-25-26-29-34-39-44-55(4)5)54-77-81(70,71)75-50-56(63)49-74-80(68,69)76-53-57(78-61(66)47-42-37-31-20-17-14-11-8-3)51-72-59(64)45-40-35-30-19-16-13-10-7-2/h55-58,63H,6-54H2,1-5H3,(H,68,69)(H,70,71)/t56-,57+,58+/m0/s1. The molecule has 480 valence electrons. The molecule has 0 fully saturated rings. The number of hydrogen-bond donors (Lipinski definition) is 3. The van der Waals surface area contributed by atoms with Gasteiger partial charge < -0.3 is 33.8 Å². The lowest BCUT2D eigenvalue weighted by Gasteiger charge is -2.21. The van der Waals surface area contributed by atoms with Gasteiger partial charge in [-0.1, -0.05) is 259 Å². The van der Waals surface area contributed by atoms with Gasteiger partial charge in [-0.2, -0.15) is 0 Å². The van der Waals surface area contributed by atoms with Crippen LogP contribution in [0.3, 0.4) is 0 Å². The highest BCUT2D eigenvalue weighted by molar-refractivity contribution is 7.47. The Hall–Kier alpha value is -1.94. The van der Waals surface area contributed by atoms with Crippen LogP contribution in [0.5, 0.6) is 0 Å². The molecule has 2 unspecified atom stereocenters. The summed E-state index contributed by atoms with van der Waals surface area (Å²) >= 11 is 0. The molecule has 0 heterocycles. The Kier molecular flexibility index (Phi) is 54.6. The fraction of sp³-hybridized carbons (Fsp3) is 0.935. The highest BCUT2D eigenvalue weighted by atomic mass is 31.2. The molecule has 0 aromatic carbocycles. The topological polar surface area (TPSA) is 237 Å². The molecule has 0 radical (unpaired) electrons. The Morgan fingerprint density at radius 3 is 0.840 bits per heavy atom. The first-order valence-electron chi connectivity index (χ1n) is 32.6. The third kappa shape index (κ3) is 56.9. The van der Waals surface area contributed by atoms with Crippen LogP contribution >= 0.6 is 15.6 Å². The summed E-state index contributed by atoms with van der Waals surface area (Å²) < 4.78 is 67.8. The summed E-state index contributed by atoms with van der Waals surface area (Å²) in [4.78, 5) is 72.0. The summed E-state index contributed by atoms with van der Waals surface area (Å²) in [6.45, 7) is 7.11. The fourth-order valence-corrected chi connectivity index (χ4v) is 10.8. The van der Waals surface area contributed by atoms with E-state index < -0.39 is 97.5 Å². The Labute approximate surface area is 492 Å². The summed E-state index contributed by atoms with van der Waals surface area (Å²) in [7, 11) is -9.88. The van der Waals surface area contributed by atoms with E-state index in [0.717, 1.165) is 109 Å². The highest BCUT2D eigenvalue weighted by Crippen LogP contribution is 2.45. The minimum atomic E-state index is -4.94. The molecule has 0 saturated heterocycles. The van der Waals surface area contributed by atoms with Crippen LogP contribution in [-0.2, 0) is 65.4 Å². The fourth-order valence-electron chi connectivity index (χ4n) is 9.23. The number of phosphoric ester groups is 2. The molecular formula is C62H120O17P2. The van der Waals surface area contributed by atoms with Crippen molar-refractivity contribution in [3.8, 4) is 0 Å². The molecule has 5 atom stereocenters. The molecule has 19 heteroatoms. The number of unbranched alkanes of at least 4 members (excludes halogenated alkanes) is 34. The lowest BCUT2D eigenvalue weighted by Crippen LogP contribution is -2.30. The van der Waals surface area contributed by atoms with Crippen molar-refractivity contribution in [2.24, 2.45) is 5.92 Å². The third-order valence-electron chi connectivity index (χ3n) is 14.3. The second-order valence-corrected chi connectivity index (χ2v) is 25.8. The third-order valence-corrected chi connectivity index (χ3v) is 16.2. The normalized spacial score (nSPS) is 14.3. The molecule has 0 amide bonds. The number of aliphatic hydroxyl groups excluding tert-OH is 1. The molecule has 0 bridgehead atoms. The zero-order chi connectivity index (χ0) is 59.9. The van der Waals surface area contributed by atoms with Crippen molar-refractivity contribution in [2.45, 2.75) is 329 Å². The van der Waals surface area contributed by atoms with E-state index in [9.17, 15) is 43.2 Å². The largest absolute Gasteiger partial charge is 0.472 e. The molecule has 0 aromatic heterocycles. The Morgan fingerprint density at radius 2 is 0.568 bits per heavy atom. The van der Waals surface area contributed by atoms with Crippen molar-refractivity contribution in [1.29, 1.82) is 0 Å². The van der Waals surface area contributed by atoms with E-state index in [1.165, 1.54) is 122 Å². The molecule has 0 aromatic rings. The van der Waals surface area contributed by atoms with Crippen LogP contribution in [-0.4, -0.2) is 96.7 Å². The molecule has 3 N–H and O–H groups in total. The number of ether oxygens (including phenoxy) is 4. The first-order valence-corrected chi connectivity index (χ1v) is 35.6. The number of carbonyl (C=O) groups excluding carboxylic acids is 4. The smallest absolute Gasteiger partial charge is 0.462 e. The molecule has 81 heavy (non-hydrogen) atoms. The first-order chi connectivity index (χ1) is 39.0. The van der Waals surface area contributed by atoms with E-state index in [2.05, 4.69) is 34.6 Å². The van der Waals surface area contributed by atoms with Crippen LogP contribution in [0.2, 0.25) is 0 Å². The van der Waals surface area contributed by atoms with Crippen LogP contribution < -0.4 is 0 Å². The van der Waals surface area contributed by atoms with Gasteiger partial charge in [0.05, 0.1) is 26.4 Å². The number of carbonyl (C=O) groups is 4. The van der Waals surface area contributed by atoms with Crippen LogP contribution in [0.15, 0.2) is 0 Å². The summed E-state index contributed by atoms with van der Waals surface area (Å²) in [6.07, 6.45) is 39.0. The average molecular weight is 1200 g/mol. The predicted octanol–water partition coefficient (Wildman–Crippen LogP) is 17.0. The SMILES string of the molecule is CCCCCCCCCCCCCCCC(=O)O[C@H](COC(=O)CCCCCCCCCCCC(C)C)COP(=O)(O)OC[C@@H](O)COP(=O)(O)OC[C@@H](COC(=O)CCCCCCCCCC)OC(=O)CCCCCCCCCC. The van der Waals surface area contributed by atoms with E-state index >= 15 is 0 Å². The zero-order valence-corrected chi connectivity index (χ0v) is 53.7. The molecule has 0 aliphatic carbocycles. The maximum atomic E-state index is 13.0. The predicted molar refractivity (Wildman–Crippen MR) is 322 cm³/mol. The van der Waals surface area contributed by atoms with E-state index in [1.54, 1.807) is 0 Å². The van der Waals surface area contributed by atoms with Crippen molar-refractivity contribution in [2.75, 3.05) is 39.6 Å². The van der Waals surface area contributed by atoms with Gasteiger partial charge in [-0.05, 0) is 31.6 Å². The second kappa shape index (κ2) is 55.9. The van der Waals surface area contributed by atoms with E-state index in [4.69, 9.17) is 37.0 Å². The van der Waals surface area contributed by atoms with Crippen LogP contribution in [0, 0.1) is 5.92 Å². The van der Waals surface area contributed by atoms with Gasteiger partial charge in [0.2, 0.25) is 0 Å². The number of aliphatic hydroxyl groups is 1. The Morgan fingerprint density at radius 1 is 0.333 bits per heavy atom. The number of hydrogen-bond acceptors (Lipinski definition) is 15. The number of rotatable bonds is 62. The van der Waals surface area contributed by atoms with Crippen molar-refractivity contribution >= 4 is 39.5 Å². The molecule has 0 aliphatic rings. The maximum absolute atomic E-state index is 13.0. The van der Waals surface area contributed by atoms with Gasteiger partial charge >= 0.3 is 39.5 Å². The van der Waals surface area contributed by atoms with Gasteiger partial charge in [-0.15, -0.1) is 0 Å². The quantitative estimate of drug-likeness (QED) is 0.0222. The second-order valence-electron chi connectivity index (χ2n) is 22.9. The minimum absolute atomic E-state index is 0.105. The zero-order valence-electron chi connectivity index (χ0n) is 51.9. The van der Waals surface area contributed by atoms with Gasteiger partial charge in [-0.3, -0.25) is 37.3 Å². The van der Waals surface area contributed by atoms with Gasteiger partial charge in [0.15, 0.2) is 12.2 Å². The summed E-state index contributed by atoms with van der Waals surface area (Å²) in [6, 6.07) is 0. The van der Waals surface area contributed by atoms with Gasteiger partial charge in [0.25, 0.3) is 0 Å². The van der Waals surface area contributed by atoms with E-state index in [1.807, 2.05) is 0 Å². The number of esters is 4. The molecule has 0 rings (SSSR count). The van der Waals surface area contributed by atoms with Crippen molar-refractivity contribution < 1.29 is 80.2 Å². The van der Waals surface area contributed by atoms with Gasteiger partial charge in [0.1, 0.15) is 19.3 Å². The first kappa shape index (κ1) is 79.1. The van der Waals surface area contributed by atoms with Crippen molar-refractivity contribution in [3.05, 3.63) is 0 Å². The summed E-state index contributed by atoms with van der Waals surface area (Å²) in [5, 5.41) is 10.5. The lowest BCUT2D eigenvalue weighted by atomic mass is 10.0. The van der Waals surface area contributed by atoms with Crippen LogP contribution in [0.25, 0.3) is 0 Å². The van der Waals surface area contributed by atoms with Crippen LogP contribution in [0.1, 0.15) is 311 Å². The van der Waals surface area contributed by atoms with E-state index in [0.29, 0.717) is 25.7 Å². The van der Waals surface area contributed by atoms with Gasteiger partial charge in [0, 0.05) is 25.7 Å². The van der Waals surface area contributed by atoms with E-state index in [-0.39, 0.29) is 25.7 Å². The molecule has 17 nitrogen and oxygen atoms in total. The number of phosphoric acid groups is 2. The molecular weight excluding hydrogens is 1080 g/mol. The Balaban J connectivity index is 5.21. The molecule has 0 aliphatic heterocycles. The Bertz CT molecular complexity index is 1580. The average Bonchev–Trinajstić information content (AvgIpc) is 3.43. The van der Waals surface area contributed by atoms with Crippen LogP contribution in [0.4, 0.5) is 0 Å². The molecule has 0 saturated carbocycles. The maximum Gasteiger partial charge on any atom is 0.472 e. The van der Waals surface area contributed by atoms with Crippen molar-refractivity contribution in [3.63, 3.8) is 0 Å². The van der Waals surface area contributed by atoms with Gasteiger partial charge in [-0.25, -0.2) is 9.13 Å². The monoisotopic (exact) mass is 1200 g/mol. The minimum Gasteiger partial charge on any atom is -0.462 e. The summed E-state index contributed by atoms with van der Waals surface area (Å²) in [5.74, 6) is -1.39. The summed E-state index contributed by atoms with van der Waals surface area (Å²) in [5.41, 5.74) is 0.